The van der Waals surface area contributed by atoms with Gasteiger partial charge in [-0.05, 0) is 118 Å². The van der Waals surface area contributed by atoms with Gasteiger partial charge >= 0.3 is 7.82 Å². The van der Waals surface area contributed by atoms with E-state index in [1.807, 2.05) is 80.5 Å². The van der Waals surface area contributed by atoms with Gasteiger partial charge in [-0.3, -0.25) is 62.6 Å². The Balaban J connectivity index is -0.00000181. The van der Waals surface area contributed by atoms with E-state index in [1.54, 1.807) is 13.1 Å². The quantitative estimate of drug-likeness (QED) is 0.0234. The SMILES string of the molecule is C.C.C.C.C.C.C.C.C.CC1=C2N=C(C=C3N=C(C(C)=C4[N-]C(C)(C5N=C1C(C)(CCC(=O)NCC(C)OP(=O)(O)OC1C(CO)OC(C6C=Nc7cc(C)c(C)cc76)C1O)C5CC(N)=O)C(C)(CC(N)=O)C4CCC(N)=O)C(C)(CC(N)=O)C3CCC(N)=O)C(C)(C)C2CCC(N)=O.[2HH].[B].[CH3-].[Co]. The van der Waals surface area contributed by atoms with Gasteiger partial charge in [0, 0.05) is 147 Å². The zero-order valence-electron chi connectivity index (χ0n) is 55.2. The van der Waals surface area contributed by atoms with Crippen LogP contribution in [0.5, 0.6) is 0 Å². The molecule has 2 fully saturated rings. The van der Waals surface area contributed by atoms with Gasteiger partial charge < -0.3 is 72.3 Å². The Bertz CT molecular complexity index is 3460. The molecule has 0 aromatic heterocycles. The van der Waals surface area contributed by atoms with Gasteiger partial charge in [-0.25, -0.2) is 4.57 Å². The number of primary amides is 6. The van der Waals surface area contributed by atoms with Crippen molar-refractivity contribution in [3.8, 4) is 0 Å². The molecule has 1 aromatic rings. The molecular formula is C73H131BCoN12O14P-2. The number of aliphatic hydroxyl groups excluding tert-OH is 2. The standard InChI is InChI=1S/C63H91N12O14P.9CH4.CH3.B.Co.H2/c1-29-20-34-35(27-70-40(34)21-30(29)2)54-53(84)55(42(28-76)87-54)89-90(85,86)88-31(3)26-71-50(83)18-19-60(8)39(22-47(67)80)58-63(11)62(10,25-49(69)82)38(14-17-46(66)79)52(75-63)33(5)57-61(9,24-48(68)81)36(12-15-44(64)77)41(72-57)23-43-59(6,7)37(13-16-45(65)78)51(73-43)32(4)56(60)74-58;;;;;;;;;;;;;/h20-21,23,27,31,35-39,42,53-55,58,76,84H,12-19,22,24-26,28H2,1-11H3,(H15,64,65,66,67,68,69,71,72,73,74,75,77,78,79,80,81,82,83,85,86);9*1H4;1H3;;;1H/q;;;;;;;;;;-1;;;/p-1/i;;;;;;;;;;;;;1+1. The molecule has 8 bridgehead atoms. The van der Waals surface area contributed by atoms with Gasteiger partial charge in [-0.2, -0.15) is 5.70 Å². The summed E-state index contributed by atoms with van der Waals surface area (Å²) >= 11 is 0. The minimum atomic E-state index is -5.05. The normalized spacial score (nSPS) is 29.3. The van der Waals surface area contributed by atoms with E-state index < -0.39 is 149 Å². The molecule has 2 saturated heterocycles. The van der Waals surface area contributed by atoms with Crippen LogP contribution in [0, 0.1) is 66.6 Å². The number of aryl methyl sites for hydroxylation is 2. The largest absolute Gasteiger partial charge is 0.680 e. The van der Waals surface area contributed by atoms with Crippen LogP contribution in [0.4, 0.5) is 5.69 Å². The van der Waals surface area contributed by atoms with Gasteiger partial charge in [0.05, 0.1) is 30.4 Å². The number of phosphoric acid groups is 1. The number of hydrogen-bond acceptors (Lipinski definition) is 17. The van der Waals surface area contributed by atoms with Crippen molar-refractivity contribution in [1.29, 1.82) is 0 Å². The Morgan fingerprint density at radius 1 is 0.725 bits per heavy atom. The first-order chi connectivity index (χ1) is 41.8. The number of ether oxygens (including phenoxy) is 1. The molecule has 16 unspecified atom stereocenters. The van der Waals surface area contributed by atoms with Crippen molar-refractivity contribution in [2.75, 3.05) is 13.2 Å². The Kier molecular flexibility index (Phi) is 40.1. The minimum Gasteiger partial charge on any atom is -0.680 e. The third-order valence-corrected chi connectivity index (χ3v) is 22.0. The molecule has 16 N–H and O–H groups in total. The molecule has 16 atom stereocenters. The smallest absolute Gasteiger partial charge is 0.472 e. The maximum Gasteiger partial charge on any atom is 0.472 e. The number of phosphoric ester groups is 1. The molecule has 0 saturated carbocycles. The number of aliphatic imine (C=N–C) groups is 4. The fourth-order valence-corrected chi connectivity index (χ4v) is 16.8. The molecule has 8 rings (SSSR count). The van der Waals surface area contributed by atoms with Crippen LogP contribution in [-0.4, -0.2) is 143 Å². The number of carbonyl (C=O) groups is 7. The van der Waals surface area contributed by atoms with Crippen molar-refractivity contribution >= 4 is 86.6 Å². The molecule has 0 spiro atoms. The van der Waals surface area contributed by atoms with Crippen molar-refractivity contribution in [2.45, 2.75) is 262 Å². The minimum absolute atomic E-state index is 0. The number of rotatable bonds is 26. The molecule has 7 aliphatic heterocycles. The second-order valence-corrected chi connectivity index (χ2v) is 28.7. The molecule has 0 aliphatic carbocycles. The average Bonchev–Trinajstić information content (AvgIpc) is 1.53. The molecule has 26 nitrogen and oxygen atoms in total. The summed E-state index contributed by atoms with van der Waals surface area (Å²) in [6, 6.07) is 2.80. The van der Waals surface area contributed by atoms with Gasteiger partial charge in [-0.1, -0.05) is 120 Å². The first-order valence-corrected chi connectivity index (χ1v) is 32.2. The van der Waals surface area contributed by atoms with Crippen LogP contribution in [-0.2, 0) is 68.7 Å². The molecular weight excluding hydrogens is 1370 g/mol. The van der Waals surface area contributed by atoms with E-state index in [0.29, 0.717) is 51.1 Å². The van der Waals surface area contributed by atoms with Crippen LogP contribution in [0.3, 0.4) is 0 Å². The number of amides is 7. The fourth-order valence-electron chi connectivity index (χ4n) is 15.7. The van der Waals surface area contributed by atoms with Crippen LogP contribution in [0.1, 0.15) is 224 Å². The summed E-state index contributed by atoms with van der Waals surface area (Å²) < 4.78 is 30.8. The number of carbonyl (C=O) groups excluding carboxylic acids is 7. The molecule has 29 heteroatoms. The number of nitrogens with two attached hydrogens (primary N) is 6. The van der Waals surface area contributed by atoms with Crippen LogP contribution < -0.4 is 39.7 Å². The van der Waals surface area contributed by atoms with Gasteiger partial charge in [-0.15, -0.1) is 0 Å². The Morgan fingerprint density at radius 3 is 1.77 bits per heavy atom. The number of nitrogens with one attached hydrogen (secondary N) is 1. The summed E-state index contributed by atoms with van der Waals surface area (Å²) in [5, 5.41) is 30.3. The van der Waals surface area contributed by atoms with Crippen LogP contribution in [0.25, 0.3) is 5.32 Å². The topological polar surface area (TPSA) is 457 Å². The molecule has 7 heterocycles. The number of aliphatic hydroxyl groups is 2. The summed E-state index contributed by atoms with van der Waals surface area (Å²) in [5.41, 5.74) is 37.1. The van der Waals surface area contributed by atoms with Crippen molar-refractivity contribution < 1.29 is 85.2 Å². The number of benzene rings is 1. The number of hydrogen-bond donors (Lipinski definition) is 10. The number of allylic oxidation sites excluding steroid dienone is 6. The Hall–Kier alpha value is -6.23. The van der Waals surface area contributed by atoms with E-state index in [4.69, 9.17) is 68.5 Å². The molecule has 7 aliphatic rings. The van der Waals surface area contributed by atoms with Crippen molar-refractivity contribution in [1.82, 2.24) is 5.32 Å². The maximum atomic E-state index is 14.4. The van der Waals surface area contributed by atoms with Gasteiger partial charge in [0.2, 0.25) is 41.4 Å². The molecule has 1 aromatic carbocycles. The van der Waals surface area contributed by atoms with Crippen LogP contribution in [0.15, 0.2) is 66.4 Å². The fraction of sp³-hybridized carbons (Fsp3) is 0.671. The summed E-state index contributed by atoms with van der Waals surface area (Å²) in [6.45, 7) is 19.2. The van der Waals surface area contributed by atoms with Crippen LogP contribution in [0.2, 0.25) is 0 Å². The molecule has 4 radical (unpaired) electrons. The van der Waals surface area contributed by atoms with E-state index in [0.717, 1.165) is 16.7 Å². The third kappa shape index (κ3) is 20.0. The molecule has 7 amide bonds. The predicted octanol–water partition coefficient (Wildman–Crippen LogP) is 10.3. The summed E-state index contributed by atoms with van der Waals surface area (Å²) in [4.78, 5) is 125. The Morgan fingerprint density at radius 2 is 1.25 bits per heavy atom. The van der Waals surface area contributed by atoms with Gasteiger partial charge in [0.15, 0.2) is 0 Å². The average molecular weight is 1500 g/mol. The van der Waals surface area contributed by atoms with Crippen molar-refractivity contribution in [3.05, 3.63) is 75.9 Å². The summed E-state index contributed by atoms with van der Waals surface area (Å²) in [7, 11) is -5.05. The van der Waals surface area contributed by atoms with Crippen molar-refractivity contribution in [2.24, 2.45) is 99.7 Å². The van der Waals surface area contributed by atoms with Gasteiger partial charge in [0.1, 0.15) is 18.3 Å². The second-order valence-electron chi connectivity index (χ2n) is 27.3. The maximum absolute atomic E-state index is 14.4. The zero-order valence-corrected chi connectivity index (χ0v) is 57.2. The number of nitrogens with zero attached hydrogens (tertiary/aromatic N) is 5. The first kappa shape index (κ1) is 104. The van der Waals surface area contributed by atoms with E-state index in [-0.39, 0.29) is 178 Å². The van der Waals surface area contributed by atoms with Crippen molar-refractivity contribution in [3.63, 3.8) is 0 Å². The van der Waals surface area contributed by atoms with Gasteiger partial charge in [0.25, 0.3) is 0 Å². The van der Waals surface area contributed by atoms with E-state index in [2.05, 4.69) is 10.3 Å². The number of fused-ring (bicyclic) bond motifs is 7. The second kappa shape index (κ2) is 39.2. The summed E-state index contributed by atoms with van der Waals surface area (Å²) in [6.07, 6.45) is -3.95. The molecule has 586 valence electrons. The monoisotopic (exact) mass is 1500 g/mol. The first-order valence-electron chi connectivity index (χ1n) is 30.7. The van der Waals surface area contributed by atoms with E-state index in [1.165, 1.54) is 6.92 Å². The Labute approximate surface area is 624 Å². The van der Waals surface area contributed by atoms with E-state index >= 15 is 0 Å². The predicted molar refractivity (Wildman–Crippen MR) is 411 cm³/mol. The van der Waals surface area contributed by atoms with Crippen LogP contribution >= 0.6 is 7.82 Å². The summed E-state index contributed by atoms with van der Waals surface area (Å²) in [5.74, 6) is -7.87. The zero-order chi connectivity index (χ0) is 66.7. The third-order valence-electron chi connectivity index (χ3n) is 20.8. The molecule has 102 heavy (non-hydrogen) atoms. The van der Waals surface area contributed by atoms with E-state index in [9.17, 15) is 53.2 Å².